The van der Waals surface area contributed by atoms with E-state index < -0.39 is 0 Å². The standard InChI is InChI=1S/C16H23N/c1-6-7-8-14(5)17-15-9-10-16(12(2)3)13(4)11-15/h9-11,17H,2,5-8H2,1,3-4H3. The molecule has 92 valence electrons. The summed E-state index contributed by atoms with van der Waals surface area (Å²) in [5.41, 5.74) is 5.81. The number of nitrogens with one attached hydrogen (secondary N) is 1. The molecule has 0 bridgehead atoms. The van der Waals surface area contributed by atoms with Crippen molar-refractivity contribution >= 4 is 11.3 Å². The first kappa shape index (κ1) is 13.6. The van der Waals surface area contributed by atoms with E-state index in [0.29, 0.717) is 0 Å². The Morgan fingerprint density at radius 3 is 2.53 bits per heavy atom. The van der Waals surface area contributed by atoms with Gasteiger partial charge >= 0.3 is 0 Å². The first-order valence-corrected chi connectivity index (χ1v) is 6.26. The van der Waals surface area contributed by atoms with E-state index in [1.54, 1.807) is 0 Å². The Morgan fingerprint density at radius 2 is 2.00 bits per heavy atom. The Kier molecular flexibility index (Phi) is 5.02. The van der Waals surface area contributed by atoms with Crippen LogP contribution in [0.1, 0.15) is 44.2 Å². The normalized spacial score (nSPS) is 10.1. The van der Waals surface area contributed by atoms with Crippen molar-refractivity contribution in [1.82, 2.24) is 0 Å². The number of aryl methyl sites for hydroxylation is 1. The van der Waals surface area contributed by atoms with Gasteiger partial charge in [-0.2, -0.15) is 0 Å². The van der Waals surface area contributed by atoms with Crippen molar-refractivity contribution in [3.63, 3.8) is 0 Å². The fraction of sp³-hybridized carbons (Fsp3) is 0.375. The molecule has 0 aliphatic carbocycles. The van der Waals surface area contributed by atoms with Crippen LogP contribution in [0.25, 0.3) is 5.57 Å². The second-order valence-corrected chi connectivity index (χ2v) is 4.64. The number of anilines is 1. The summed E-state index contributed by atoms with van der Waals surface area (Å²) in [6.45, 7) is 14.4. The molecule has 0 aliphatic heterocycles. The van der Waals surface area contributed by atoms with E-state index in [-0.39, 0.29) is 0 Å². The van der Waals surface area contributed by atoms with Gasteiger partial charge < -0.3 is 5.32 Å². The van der Waals surface area contributed by atoms with Crippen molar-refractivity contribution in [3.05, 3.63) is 48.2 Å². The zero-order valence-corrected chi connectivity index (χ0v) is 11.3. The smallest absolute Gasteiger partial charge is 0.0384 e. The minimum absolute atomic E-state index is 1.04. The van der Waals surface area contributed by atoms with Crippen molar-refractivity contribution in [2.45, 2.75) is 40.0 Å². The highest BCUT2D eigenvalue weighted by Crippen LogP contribution is 2.22. The average Bonchev–Trinajstić information content (AvgIpc) is 2.26. The van der Waals surface area contributed by atoms with E-state index in [9.17, 15) is 0 Å². The number of allylic oxidation sites excluding steroid dienone is 2. The van der Waals surface area contributed by atoms with Crippen molar-refractivity contribution in [3.8, 4) is 0 Å². The Bertz CT molecular complexity index is 416. The van der Waals surface area contributed by atoms with Gasteiger partial charge in [-0.05, 0) is 49.9 Å². The predicted molar refractivity (Wildman–Crippen MR) is 78.2 cm³/mol. The molecule has 0 spiro atoms. The van der Waals surface area contributed by atoms with Gasteiger partial charge in [0.15, 0.2) is 0 Å². The lowest BCUT2D eigenvalue weighted by Crippen LogP contribution is -1.99. The van der Waals surface area contributed by atoms with Gasteiger partial charge in [0.1, 0.15) is 0 Å². The maximum atomic E-state index is 4.05. The first-order chi connectivity index (χ1) is 8.04. The molecule has 1 aromatic rings. The second kappa shape index (κ2) is 6.29. The van der Waals surface area contributed by atoms with Gasteiger partial charge in [-0.1, -0.05) is 38.1 Å². The number of unbranched alkanes of at least 4 members (excludes halogenated alkanes) is 1. The van der Waals surface area contributed by atoms with Crippen molar-refractivity contribution in [2.75, 3.05) is 5.32 Å². The third-order valence-corrected chi connectivity index (χ3v) is 2.84. The highest BCUT2D eigenvalue weighted by molar-refractivity contribution is 5.67. The summed E-state index contributed by atoms with van der Waals surface area (Å²) in [6, 6.07) is 6.36. The van der Waals surface area contributed by atoms with Gasteiger partial charge in [0, 0.05) is 11.4 Å². The molecule has 0 aromatic heterocycles. The second-order valence-electron chi connectivity index (χ2n) is 4.64. The molecule has 1 heteroatoms. The largest absolute Gasteiger partial charge is 0.359 e. The highest BCUT2D eigenvalue weighted by atomic mass is 14.9. The minimum atomic E-state index is 1.04. The van der Waals surface area contributed by atoms with Crippen LogP contribution in [0.3, 0.4) is 0 Å². The molecule has 0 saturated carbocycles. The quantitative estimate of drug-likeness (QED) is 0.711. The van der Waals surface area contributed by atoms with E-state index in [4.69, 9.17) is 0 Å². The van der Waals surface area contributed by atoms with Gasteiger partial charge in [-0.3, -0.25) is 0 Å². The van der Waals surface area contributed by atoms with E-state index >= 15 is 0 Å². The topological polar surface area (TPSA) is 12.0 Å². The van der Waals surface area contributed by atoms with Crippen LogP contribution in [-0.2, 0) is 0 Å². The Balaban J connectivity index is 2.70. The average molecular weight is 229 g/mol. The first-order valence-electron chi connectivity index (χ1n) is 6.26. The number of benzene rings is 1. The molecule has 0 fully saturated rings. The molecule has 0 atom stereocenters. The van der Waals surface area contributed by atoms with Gasteiger partial charge in [-0.25, -0.2) is 0 Å². The van der Waals surface area contributed by atoms with Crippen LogP contribution in [0.15, 0.2) is 37.1 Å². The molecule has 0 aliphatic rings. The van der Waals surface area contributed by atoms with E-state index in [2.05, 4.69) is 50.5 Å². The maximum absolute atomic E-state index is 4.05. The van der Waals surface area contributed by atoms with E-state index in [0.717, 1.165) is 23.4 Å². The van der Waals surface area contributed by atoms with E-state index in [1.165, 1.54) is 24.0 Å². The van der Waals surface area contributed by atoms with Gasteiger partial charge in [0.05, 0.1) is 0 Å². The third kappa shape index (κ3) is 4.10. The van der Waals surface area contributed by atoms with Gasteiger partial charge in [0.25, 0.3) is 0 Å². The molecule has 0 radical (unpaired) electrons. The molecule has 0 unspecified atom stereocenters. The van der Waals surface area contributed by atoms with Crippen LogP contribution in [0, 0.1) is 6.92 Å². The minimum Gasteiger partial charge on any atom is -0.359 e. The molecule has 1 nitrogen and oxygen atoms in total. The summed E-state index contributed by atoms with van der Waals surface area (Å²) in [4.78, 5) is 0. The fourth-order valence-corrected chi connectivity index (χ4v) is 1.88. The lowest BCUT2D eigenvalue weighted by Gasteiger charge is -2.12. The zero-order chi connectivity index (χ0) is 12.8. The molecule has 0 amide bonds. The van der Waals surface area contributed by atoms with Gasteiger partial charge in [-0.15, -0.1) is 0 Å². The Labute approximate surface area is 105 Å². The summed E-state index contributed by atoms with van der Waals surface area (Å²) in [5, 5.41) is 3.36. The van der Waals surface area contributed by atoms with E-state index in [1.807, 2.05) is 6.92 Å². The molecule has 17 heavy (non-hydrogen) atoms. The zero-order valence-electron chi connectivity index (χ0n) is 11.3. The predicted octanol–water partition coefficient (Wildman–Crippen LogP) is 5.14. The molecule has 1 N–H and O–H groups in total. The monoisotopic (exact) mass is 229 g/mol. The SMILES string of the molecule is C=C(CCCC)Nc1ccc(C(=C)C)c(C)c1. The van der Waals surface area contributed by atoms with Gasteiger partial charge in [0.2, 0.25) is 0 Å². The maximum Gasteiger partial charge on any atom is 0.0384 e. The fourth-order valence-electron chi connectivity index (χ4n) is 1.88. The van der Waals surface area contributed by atoms with Crippen LogP contribution in [0.2, 0.25) is 0 Å². The molecule has 0 saturated heterocycles. The lowest BCUT2D eigenvalue weighted by atomic mass is 10.0. The molecule has 1 rings (SSSR count). The molecule has 1 aromatic carbocycles. The van der Waals surface area contributed by atoms with Crippen LogP contribution in [0.5, 0.6) is 0 Å². The Morgan fingerprint density at radius 1 is 1.29 bits per heavy atom. The van der Waals surface area contributed by atoms with Crippen LogP contribution in [0.4, 0.5) is 5.69 Å². The summed E-state index contributed by atoms with van der Waals surface area (Å²) < 4.78 is 0. The molecular formula is C16H23N. The van der Waals surface area contributed by atoms with Crippen molar-refractivity contribution in [2.24, 2.45) is 0 Å². The Hall–Kier alpha value is -1.50. The third-order valence-electron chi connectivity index (χ3n) is 2.84. The van der Waals surface area contributed by atoms with Crippen molar-refractivity contribution < 1.29 is 0 Å². The van der Waals surface area contributed by atoms with Crippen LogP contribution < -0.4 is 5.32 Å². The number of rotatable bonds is 6. The summed E-state index contributed by atoms with van der Waals surface area (Å²) in [7, 11) is 0. The van der Waals surface area contributed by atoms with Crippen LogP contribution in [-0.4, -0.2) is 0 Å². The number of hydrogen-bond acceptors (Lipinski definition) is 1. The summed E-state index contributed by atoms with van der Waals surface area (Å²) in [6.07, 6.45) is 3.43. The molecular weight excluding hydrogens is 206 g/mol. The van der Waals surface area contributed by atoms with Crippen molar-refractivity contribution in [1.29, 1.82) is 0 Å². The summed E-state index contributed by atoms with van der Waals surface area (Å²) >= 11 is 0. The summed E-state index contributed by atoms with van der Waals surface area (Å²) in [5.74, 6) is 0. The van der Waals surface area contributed by atoms with Crippen LogP contribution >= 0.6 is 0 Å². The molecule has 0 heterocycles. The lowest BCUT2D eigenvalue weighted by molar-refractivity contribution is 0.791. The highest BCUT2D eigenvalue weighted by Gasteiger charge is 2.01. The number of hydrogen-bond donors (Lipinski definition) is 1.